The lowest BCUT2D eigenvalue weighted by Crippen LogP contribution is -2.31. The first kappa shape index (κ1) is 15.0. The number of carbonyl (C=O) groups is 2. The second-order valence-corrected chi connectivity index (χ2v) is 5.95. The van der Waals surface area contributed by atoms with Crippen molar-refractivity contribution >= 4 is 27.5 Å². The maximum absolute atomic E-state index is 11.2. The third-order valence-electron chi connectivity index (χ3n) is 2.30. The maximum Gasteiger partial charge on any atom is 0.326 e. The topological polar surface area (TPSA) is 121 Å². The van der Waals surface area contributed by atoms with Crippen LogP contribution in [0.25, 0.3) is 0 Å². The van der Waals surface area contributed by atoms with Gasteiger partial charge in [0, 0.05) is 11.9 Å². The van der Waals surface area contributed by atoms with Crippen molar-refractivity contribution < 1.29 is 28.2 Å². The van der Waals surface area contributed by atoms with E-state index in [0.717, 1.165) is 6.26 Å². The molecule has 1 aromatic carbocycles. The molecule has 0 amide bonds. The number of benzene rings is 1. The molecule has 0 heterocycles. The zero-order valence-electron chi connectivity index (χ0n) is 10.0. The SMILES string of the molecule is CS(=O)(=O)c1ccc(NC(CC(=O)O)C(=O)O)cc1. The van der Waals surface area contributed by atoms with Gasteiger partial charge in [-0.2, -0.15) is 0 Å². The fraction of sp³-hybridized carbons (Fsp3) is 0.273. The lowest BCUT2D eigenvalue weighted by molar-refractivity contribution is -0.144. The molecule has 3 N–H and O–H groups in total. The van der Waals surface area contributed by atoms with E-state index in [2.05, 4.69) is 5.32 Å². The standard InChI is InChI=1S/C11H13NO6S/c1-19(17,18)8-4-2-7(3-5-8)12-9(11(15)16)6-10(13)14/h2-5,9,12H,6H2,1H3,(H,13,14)(H,15,16). The van der Waals surface area contributed by atoms with Gasteiger partial charge >= 0.3 is 11.9 Å². The van der Waals surface area contributed by atoms with Crippen LogP contribution in [0.2, 0.25) is 0 Å². The van der Waals surface area contributed by atoms with Gasteiger partial charge in [0.1, 0.15) is 6.04 Å². The molecule has 0 aliphatic heterocycles. The first-order valence-electron chi connectivity index (χ1n) is 5.21. The Kier molecular flexibility index (Phi) is 4.49. The molecule has 0 bridgehead atoms. The van der Waals surface area contributed by atoms with E-state index in [1.165, 1.54) is 24.3 Å². The molecule has 1 unspecified atom stereocenters. The molecule has 0 saturated carbocycles. The van der Waals surface area contributed by atoms with E-state index in [1.807, 2.05) is 0 Å². The first-order valence-corrected chi connectivity index (χ1v) is 7.10. The monoisotopic (exact) mass is 287 g/mol. The van der Waals surface area contributed by atoms with E-state index in [1.54, 1.807) is 0 Å². The summed E-state index contributed by atoms with van der Waals surface area (Å²) in [5, 5.41) is 19.9. The number of hydrogen-bond donors (Lipinski definition) is 3. The fourth-order valence-corrected chi connectivity index (χ4v) is 2.00. The van der Waals surface area contributed by atoms with E-state index in [0.29, 0.717) is 5.69 Å². The third-order valence-corrected chi connectivity index (χ3v) is 3.43. The van der Waals surface area contributed by atoms with Crippen LogP contribution in [0, 0.1) is 0 Å². The molecule has 0 radical (unpaired) electrons. The van der Waals surface area contributed by atoms with E-state index in [4.69, 9.17) is 10.2 Å². The summed E-state index contributed by atoms with van der Waals surface area (Å²) in [6, 6.07) is 4.12. The Balaban J connectivity index is 2.87. The second-order valence-electron chi connectivity index (χ2n) is 3.93. The van der Waals surface area contributed by atoms with E-state index in [9.17, 15) is 18.0 Å². The predicted molar refractivity (Wildman–Crippen MR) is 66.9 cm³/mol. The molecule has 0 fully saturated rings. The minimum Gasteiger partial charge on any atom is -0.481 e. The van der Waals surface area contributed by atoms with Gasteiger partial charge in [-0.05, 0) is 24.3 Å². The van der Waals surface area contributed by atoms with Crippen LogP contribution in [0.15, 0.2) is 29.2 Å². The molecule has 1 atom stereocenters. The average molecular weight is 287 g/mol. The van der Waals surface area contributed by atoms with Crippen molar-refractivity contribution in [2.24, 2.45) is 0 Å². The van der Waals surface area contributed by atoms with Gasteiger partial charge in [0.25, 0.3) is 0 Å². The van der Waals surface area contributed by atoms with E-state index >= 15 is 0 Å². The Hall–Kier alpha value is -2.09. The van der Waals surface area contributed by atoms with Crippen LogP contribution in [-0.2, 0) is 19.4 Å². The minimum absolute atomic E-state index is 0.100. The third kappa shape index (κ3) is 4.59. The van der Waals surface area contributed by atoms with Crippen molar-refractivity contribution in [1.82, 2.24) is 0 Å². The Morgan fingerprint density at radius 1 is 1.21 bits per heavy atom. The number of carboxylic acid groups (broad SMARTS) is 2. The molecule has 0 aliphatic rings. The molecule has 0 spiro atoms. The molecule has 0 aliphatic carbocycles. The van der Waals surface area contributed by atoms with Crippen molar-refractivity contribution in [3.05, 3.63) is 24.3 Å². The van der Waals surface area contributed by atoms with E-state index in [-0.39, 0.29) is 4.90 Å². The lowest BCUT2D eigenvalue weighted by atomic mass is 10.2. The molecular formula is C11H13NO6S. The molecule has 0 aromatic heterocycles. The van der Waals surface area contributed by atoms with Gasteiger partial charge in [0.15, 0.2) is 9.84 Å². The summed E-state index contributed by atoms with van der Waals surface area (Å²) >= 11 is 0. The highest BCUT2D eigenvalue weighted by Crippen LogP contribution is 2.15. The van der Waals surface area contributed by atoms with Crippen LogP contribution in [0.5, 0.6) is 0 Å². The van der Waals surface area contributed by atoms with Crippen molar-refractivity contribution in [1.29, 1.82) is 0 Å². The number of anilines is 1. The summed E-state index contributed by atoms with van der Waals surface area (Å²) in [7, 11) is -3.32. The molecule has 19 heavy (non-hydrogen) atoms. The van der Waals surface area contributed by atoms with Crippen LogP contribution < -0.4 is 5.32 Å². The highest BCUT2D eigenvalue weighted by atomic mass is 32.2. The molecule has 1 rings (SSSR count). The number of sulfone groups is 1. The smallest absolute Gasteiger partial charge is 0.326 e. The van der Waals surface area contributed by atoms with Crippen molar-refractivity contribution in [2.75, 3.05) is 11.6 Å². The van der Waals surface area contributed by atoms with Crippen molar-refractivity contribution in [3.63, 3.8) is 0 Å². The summed E-state index contributed by atoms with van der Waals surface area (Å²) in [6.45, 7) is 0. The van der Waals surface area contributed by atoms with Gasteiger partial charge in [-0.1, -0.05) is 0 Å². The van der Waals surface area contributed by atoms with Crippen molar-refractivity contribution in [3.8, 4) is 0 Å². The number of rotatable bonds is 6. The predicted octanol–water partition coefficient (Wildman–Crippen LogP) is 0.430. The summed E-state index contributed by atoms with van der Waals surface area (Å²) in [5.74, 6) is -2.54. The number of hydrogen-bond acceptors (Lipinski definition) is 5. The summed E-state index contributed by atoms with van der Waals surface area (Å²) in [4.78, 5) is 21.5. The molecule has 7 nitrogen and oxygen atoms in total. The van der Waals surface area contributed by atoms with Gasteiger partial charge in [-0.15, -0.1) is 0 Å². The van der Waals surface area contributed by atoms with Crippen LogP contribution in [0.4, 0.5) is 5.69 Å². The van der Waals surface area contributed by atoms with Gasteiger partial charge in [-0.3, -0.25) is 4.79 Å². The van der Waals surface area contributed by atoms with Gasteiger partial charge in [0.2, 0.25) is 0 Å². The highest BCUT2D eigenvalue weighted by Gasteiger charge is 2.20. The van der Waals surface area contributed by atoms with Crippen LogP contribution >= 0.6 is 0 Å². The Morgan fingerprint density at radius 3 is 2.11 bits per heavy atom. The number of aliphatic carboxylic acids is 2. The average Bonchev–Trinajstić information content (AvgIpc) is 2.27. The Labute approximate surface area is 109 Å². The van der Waals surface area contributed by atoms with Crippen molar-refractivity contribution in [2.45, 2.75) is 17.4 Å². The highest BCUT2D eigenvalue weighted by molar-refractivity contribution is 7.90. The van der Waals surface area contributed by atoms with Crippen LogP contribution in [-0.4, -0.2) is 42.9 Å². The number of nitrogens with one attached hydrogen (secondary N) is 1. The summed E-state index contributed by atoms with van der Waals surface area (Å²) in [6.07, 6.45) is 0.475. The van der Waals surface area contributed by atoms with Crippen LogP contribution in [0.3, 0.4) is 0 Å². The zero-order chi connectivity index (χ0) is 14.6. The minimum atomic E-state index is -3.32. The summed E-state index contributed by atoms with van der Waals surface area (Å²) in [5.41, 5.74) is 0.334. The second kappa shape index (κ2) is 5.70. The first-order chi connectivity index (χ1) is 8.70. The molecule has 104 valence electrons. The number of carboxylic acids is 2. The quantitative estimate of drug-likeness (QED) is 0.693. The Morgan fingerprint density at radius 2 is 1.74 bits per heavy atom. The van der Waals surface area contributed by atoms with Gasteiger partial charge in [0.05, 0.1) is 11.3 Å². The summed E-state index contributed by atoms with van der Waals surface area (Å²) < 4.78 is 22.5. The largest absolute Gasteiger partial charge is 0.481 e. The molecule has 1 aromatic rings. The zero-order valence-corrected chi connectivity index (χ0v) is 10.8. The van der Waals surface area contributed by atoms with E-state index < -0.39 is 34.2 Å². The molecule has 0 saturated heterocycles. The van der Waals surface area contributed by atoms with Gasteiger partial charge < -0.3 is 15.5 Å². The van der Waals surface area contributed by atoms with Gasteiger partial charge in [-0.25, -0.2) is 13.2 Å². The molecule has 8 heteroatoms. The van der Waals surface area contributed by atoms with Crippen LogP contribution in [0.1, 0.15) is 6.42 Å². The Bertz CT molecular complexity index is 578. The lowest BCUT2D eigenvalue weighted by Gasteiger charge is -2.13. The fourth-order valence-electron chi connectivity index (χ4n) is 1.37. The maximum atomic E-state index is 11.2. The molecular weight excluding hydrogens is 274 g/mol. The normalized spacial score (nSPS) is 12.7.